The second-order valence-electron chi connectivity index (χ2n) is 5.93. The molecule has 0 unspecified atom stereocenters. The minimum Gasteiger partial charge on any atom is -0.484 e. The van der Waals surface area contributed by atoms with Crippen LogP contribution < -0.4 is 10.5 Å². The van der Waals surface area contributed by atoms with E-state index in [9.17, 15) is 9.59 Å². The number of primary amides is 1. The molecule has 0 aliphatic heterocycles. The van der Waals surface area contributed by atoms with Crippen molar-refractivity contribution in [3.63, 3.8) is 0 Å². The summed E-state index contributed by atoms with van der Waals surface area (Å²) >= 11 is 1.61. The zero-order valence-electron chi connectivity index (χ0n) is 15.4. The third-order valence-corrected chi connectivity index (χ3v) is 5.19. The number of nitrogens with zero attached hydrogens (tertiary/aromatic N) is 2. The van der Waals surface area contributed by atoms with E-state index in [0.29, 0.717) is 17.2 Å². The minimum atomic E-state index is -0.578. The summed E-state index contributed by atoms with van der Waals surface area (Å²) in [6.07, 6.45) is 0.946. The Balaban J connectivity index is 1.57. The van der Waals surface area contributed by atoms with Crippen molar-refractivity contribution in [2.24, 2.45) is 5.73 Å². The summed E-state index contributed by atoms with van der Waals surface area (Å²) in [5.41, 5.74) is 6.53. The van der Waals surface area contributed by atoms with Crippen LogP contribution in [0.2, 0.25) is 0 Å². The Kier molecular flexibility index (Phi) is 6.05. The Morgan fingerprint density at radius 3 is 2.61 bits per heavy atom. The van der Waals surface area contributed by atoms with Gasteiger partial charge < -0.3 is 19.6 Å². The number of hydrogen-bond acceptors (Lipinski definition) is 8. The molecule has 28 heavy (non-hydrogen) atoms. The molecule has 2 aromatic heterocycles. The van der Waals surface area contributed by atoms with Gasteiger partial charge in [-0.3, -0.25) is 4.79 Å². The van der Waals surface area contributed by atoms with E-state index in [4.69, 9.17) is 19.6 Å². The number of aromatic nitrogens is 2. The van der Waals surface area contributed by atoms with E-state index >= 15 is 0 Å². The minimum absolute atomic E-state index is 0.128. The molecule has 8 nitrogen and oxygen atoms in total. The predicted octanol–water partition coefficient (Wildman–Crippen LogP) is 2.89. The molecule has 1 amide bonds. The summed E-state index contributed by atoms with van der Waals surface area (Å²) in [6.45, 7) is 3.78. The SMILES string of the molecule is CCc1sc(-c2nnc(COC(=O)c3ccc(OCC(N)=O)cc3)o2)cc1C. The smallest absolute Gasteiger partial charge is 0.338 e. The highest BCUT2D eigenvalue weighted by atomic mass is 32.1. The Bertz CT molecular complexity index is 978. The number of esters is 1. The maximum atomic E-state index is 12.1. The van der Waals surface area contributed by atoms with Crippen LogP contribution in [0.4, 0.5) is 0 Å². The lowest BCUT2D eigenvalue weighted by molar-refractivity contribution is -0.119. The van der Waals surface area contributed by atoms with E-state index in [1.54, 1.807) is 23.5 Å². The molecule has 2 heterocycles. The topological polar surface area (TPSA) is 118 Å². The molecular weight excluding hydrogens is 382 g/mol. The van der Waals surface area contributed by atoms with Crippen LogP contribution in [0.5, 0.6) is 5.75 Å². The van der Waals surface area contributed by atoms with Crippen molar-refractivity contribution in [1.29, 1.82) is 0 Å². The van der Waals surface area contributed by atoms with Crippen LogP contribution in [0.25, 0.3) is 10.8 Å². The molecule has 3 aromatic rings. The van der Waals surface area contributed by atoms with Crippen LogP contribution in [0.1, 0.15) is 33.6 Å². The highest BCUT2D eigenvalue weighted by Gasteiger charge is 2.15. The molecule has 0 atom stereocenters. The molecule has 1 aromatic carbocycles. The van der Waals surface area contributed by atoms with Crippen molar-refractivity contribution in [2.75, 3.05) is 6.61 Å². The van der Waals surface area contributed by atoms with Crippen molar-refractivity contribution in [2.45, 2.75) is 26.9 Å². The number of thiophene rings is 1. The Morgan fingerprint density at radius 1 is 1.21 bits per heavy atom. The first-order chi connectivity index (χ1) is 13.5. The van der Waals surface area contributed by atoms with Crippen molar-refractivity contribution in [3.8, 4) is 16.5 Å². The molecule has 146 valence electrons. The lowest BCUT2D eigenvalue weighted by Crippen LogP contribution is -2.20. The third kappa shape index (κ3) is 4.74. The summed E-state index contributed by atoms with van der Waals surface area (Å²) < 4.78 is 15.9. The van der Waals surface area contributed by atoms with E-state index in [0.717, 1.165) is 11.3 Å². The van der Waals surface area contributed by atoms with E-state index in [1.807, 2.05) is 13.0 Å². The van der Waals surface area contributed by atoms with Gasteiger partial charge in [-0.1, -0.05) is 6.92 Å². The maximum absolute atomic E-state index is 12.1. The van der Waals surface area contributed by atoms with Gasteiger partial charge >= 0.3 is 5.97 Å². The first-order valence-corrected chi connectivity index (χ1v) is 9.38. The monoisotopic (exact) mass is 401 g/mol. The molecule has 9 heteroatoms. The number of ether oxygens (including phenoxy) is 2. The van der Waals surface area contributed by atoms with E-state index in [-0.39, 0.29) is 19.1 Å². The van der Waals surface area contributed by atoms with E-state index in [2.05, 4.69) is 17.1 Å². The second-order valence-corrected chi connectivity index (χ2v) is 7.06. The lowest BCUT2D eigenvalue weighted by atomic mass is 10.2. The van der Waals surface area contributed by atoms with Crippen molar-refractivity contribution in [3.05, 3.63) is 52.2 Å². The molecule has 0 aliphatic carbocycles. The van der Waals surface area contributed by atoms with Gasteiger partial charge in [-0.25, -0.2) is 4.79 Å². The highest BCUT2D eigenvalue weighted by Crippen LogP contribution is 2.30. The van der Waals surface area contributed by atoms with E-state index in [1.165, 1.54) is 22.6 Å². The van der Waals surface area contributed by atoms with Crippen LogP contribution in [0.15, 0.2) is 34.7 Å². The fraction of sp³-hybridized carbons (Fsp3) is 0.263. The number of carbonyl (C=O) groups excluding carboxylic acids is 2. The number of benzene rings is 1. The zero-order valence-corrected chi connectivity index (χ0v) is 16.2. The normalized spacial score (nSPS) is 10.6. The standard InChI is InChI=1S/C19H19N3O5S/c1-3-14-11(2)8-15(28-14)18-22-21-17(27-18)10-26-19(24)12-4-6-13(7-5-12)25-9-16(20)23/h4-8H,3,9-10H2,1-2H3,(H2,20,23). The fourth-order valence-electron chi connectivity index (χ4n) is 2.44. The first-order valence-electron chi connectivity index (χ1n) is 8.56. The largest absolute Gasteiger partial charge is 0.484 e. The summed E-state index contributed by atoms with van der Waals surface area (Å²) in [5.74, 6) is -0.0641. The zero-order chi connectivity index (χ0) is 20.1. The van der Waals surface area contributed by atoms with Crippen molar-refractivity contribution in [1.82, 2.24) is 10.2 Å². The van der Waals surface area contributed by atoms with Crippen LogP contribution >= 0.6 is 11.3 Å². The number of aryl methyl sites for hydroxylation is 2. The number of rotatable bonds is 8. The molecule has 0 spiro atoms. The van der Waals surface area contributed by atoms with Gasteiger partial charge in [-0.15, -0.1) is 21.5 Å². The third-order valence-electron chi connectivity index (χ3n) is 3.82. The molecule has 0 bridgehead atoms. The number of hydrogen-bond donors (Lipinski definition) is 1. The molecule has 0 saturated carbocycles. The molecule has 0 saturated heterocycles. The molecule has 3 rings (SSSR count). The van der Waals surface area contributed by atoms with E-state index < -0.39 is 11.9 Å². The maximum Gasteiger partial charge on any atom is 0.338 e. The van der Waals surface area contributed by atoms with Gasteiger partial charge in [0, 0.05) is 4.88 Å². The summed E-state index contributed by atoms with van der Waals surface area (Å²) in [5, 5.41) is 7.95. The second kappa shape index (κ2) is 8.66. The summed E-state index contributed by atoms with van der Waals surface area (Å²) in [4.78, 5) is 25.0. The quantitative estimate of drug-likeness (QED) is 0.577. The Morgan fingerprint density at radius 2 is 1.96 bits per heavy atom. The van der Waals surface area contributed by atoms with Gasteiger partial charge in [0.2, 0.25) is 0 Å². The van der Waals surface area contributed by atoms with Gasteiger partial charge in [0.25, 0.3) is 17.7 Å². The molecule has 0 fully saturated rings. The first kappa shape index (κ1) is 19.6. The van der Waals surface area contributed by atoms with Gasteiger partial charge in [-0.2, -0.15) is 0 Å². The average molecular weight is 401 g/mol. The molecule has 0 radical (unpaired) electrons. The van der Waals surface area contributed by atoms with Gasteiger partial charge in [0.05, 0.1) is 10.4 Å². The predicted molar refractivity (Wildman–Crippen MR) is 102 cm³/mol. The van der Waals surface area contributed by atoms with Gasteiger partial charge in [0.1, 0.15) is 5.75 Å². The Labute approximate surface area is 165 Å². The number of amides is 1. The molecule has 0 aliphatic rings. The van der Waals surface area contributed by atoms with Crippen LogP contribution in [0.3, 0.4) is 0 Å². The number of carbonyl (C=O) groups is 2. The lowest BCUT2D eigenvalue weighted by Gasteiger charge is -2.05. The average Bonchev–Trinajstić information content (AvgIpc) is 3.31. The summed E-state index contributed by atoms with van der Waals surface area (Å²) in [7, 11) is 0. The van der Waals surface area contributed by atoms with Crippen LogP contribution in [-0.2, 0) is 22.6 Å². The van der Waals surface area contributed by atoms with Crippen LogP contribution in [0, 0.1) is 6.92 Å². The van der Waals surface area contributed by atoms with Crippen molar-refractivity contribution < 1.29 is 23.5 Å². The van der Waals surface area contributed by atoms with Gasteiger partial charge in [0.15, 0.2) is 13.2 Å². The highest BCUT2D eigenvalue weighted by molar-refractivity contribution is 7.15. The number of nitrogens with two attached hydrogens (primary N) is 1. The summed E-state index contributed by atoms with van der Waals surface area (Å²) in [6, 6.07) is 8.16. The van der Waals surface area contributed by atoms with Crippen molar-refractivity contribution >= 4 is 23.2 Å². The fourth-order valence-corrected chi connectivity index (χ4v) is 3.48. The Hall–Kier alpha value is -3.20. The molecular formula is C19H19N3O5S. The van der Waals surface area contributed by atoms with Crippen LogP contribution in [-0.4, -0.2) is 28.7 Å². The van der Waals surface area contributed by atoms with Gasteiger partial charge in [-0.05, 0) is 49.2 Å². The molecule has 2 N–H and O–H groups in total.